The molecule has 3 aromatic rings. The Balaban J connectivity index is 1.57. The van der Waals surface area contributed by atoms with E-state index in [9.17, 15) is 14.9 Å². The molecule has 0 aromatic heterocycles. The number of nitrogens with zero attached hydrogens (tertiary/aromatic N) is 1. The molecule has 3 rings (SSSR count). The summed E-state index contributed by atoms with van der Waals surface area (Å²) < 4.78 is 10.7. The van der Waals surface area contributed by atoms with Crippen LogP contribution in [0.25, 0.3) is 6.08 Å². The topological polar surface area (TPSA) is 90.7 Å². The molecule has 0 unspecified atom stereocenters. The van der Waals surface area contributed by atoms with Crippen molar-refractivity contribution in [1.29, 1.82) is 0 Å². The van der Waals surface area contributed by atoms with Crippen molar-refractivity contribution in [2.45, 2.75) is 6.61 Å². The molecule has 7 nitrogen and oxygen atoms in total. The van der Waals surface area contributed by atoms with Gasteiger partial charge in [-0.2, -0.15) is 0 Å². The van der Waals surface area contributed by atoms with E-state index in [1.807, 2.05) is 54.6 Å². The van der Waals surface area contributed by atoms with E-state index >= 15 is 0 Å². The summed E-state index contributed by atoms with van der Waals surface area (Å²) >= 11 is 0. The number of nitro groups is 1. The standard InChI is InChI=1S/C23H20N2O5/c1-29-22-13-10-19(15-21(22)25(27)28)24-23(26)14-9-17-7-11-20(12-8-17)30-16-18-5-3-2-4-6-18/h2-15H,16H2,1H3,(H,24,26)/b14-9+. The minimum Gasteiger partial charge on any atom is -0.490 e. The number of methoxy groups -OCH3 is 1. The molecule has 7 heteroatoms. The van der Waals surface area contributed by atoms with Crippen molar-refractivity contribution < 1.29 is 19.2 Å². The largest absolute Gasteiger partial charge is 0.490 e. The summed E-state index contributed by atoms with van der Waals surface area (Å²) in [6.45, 7) is 0.479. The highest BCUT2D eigenvalue weighted by Gasteiger charge is 2.15. The van der Waals surface area contributed by atoms with Crippen molar-refractivity contribution in [3.05, 3.63) is 100 Å². The molecule has 0 saturated carbocycles. The second-order valence-corrected chi connectivity index (χ2v) is 6.31. The number of ether oxygens (including phenoxy) is 2. The monoisotopic (exact) mass is 404 g/mol. The zero-order valence-corrected chi connectivity index (χ0v) is 16.3. The minimum absolute atomic E-state index is 0.128. The van der Waals surface area contributed by atoms with Crippen LogP contribution in [0.1, 0.15) is 11.1 Å². The summed E-state index contributed by atoms with van der Waals surface area (Å²) in [5.74, 6) is 0.452. The van der Waals surface area contributed by atoms with E-state index < -0.39 is 10.8 Å². The van der Waals surface area contributed by atoms with Crippen LogP contribution in [-0.4, -0.2) is 17.9 Å². The van der Waals surface area contributed by atoms with Crippen LogP contribution in [0.3, 0.4) is 0 Å². The predicted octanol–water partition coefficient (Wildman–Crippen LogP) is 4.83. The van der Waals surface area contributed by atoms with Gasteiger partial charge in [-0.05, 0) is 41.5 Å². The Bertz CT molecular complexity index is 1050. The molecule has 0 spiro atoms. The Morgan fingerprint density at radius 2 is 1.80 bits per heavy atom. The zero-order chi connectivity index (χ0) is 21.3. The molecule has 1 N–H and O–H groups in total. The first-order valence-electron chi connectivity index (χ1n) is 9.13. The van der Waals surface area contributed by atoms with Crippen LogP contribution in [0.4, 0.5) is 11.4 Å². The summed E-state index contributed by atoms with van der Waals surface area (Å²) in [4.78, 5) is 22.6. The van der Waals surface area contributed by atoms with Crippen LogP contribution >= 0.6 is 0 Å². The second-order valence-electron chi connectivity index (χ2n) is 6.31. The fraction of sp³-hybridized carbons (Fsp3) is 0.0870. The van der Waals surface area contributed by atoms with Crippen molar-refractivity contribution in [2.75, 3.05) is 12.4 Å². The van der Waals surface area contributed by atoms with Crippen molar-refractivity contribution in [3.8, 4) is 11.5 Å². The van der Waals surface area contributed by atoms with Gasteiger partial charge in [-0.3, -0.25) is 14.9 Å². The van der Waals surface area contributed by atoms with E-state index in [2.05, 4.69) is 5.32 Å². The van der Waals surface area contributed by atoms with E-state index in [4.69, 9.17) is 9.47 Å². The number of amides is 1. The van der Waals surface area contributed by atoms with Crippen LogP contribution < -0.4 is 14.8 Å². The van der Waals surface area contributed by atoms with Crippen molar-refractivity contribution in [1.82, 2.24) is 0 Å². The zero-order valence-electron chi connectivity index (χ0n) is 16.3. The lowest BCUT2D eigenvalue weighted by Gasteiger charge is -2.06. The third kappa shape index (κ3) is 5.68. The summed E-state index contributed by atoms with van der Waals surface area (Å²) in [7, 11) is 1.35. The van der Waals surface area contributed by atoms with Gasteiger partial charge in [-0.15, -0.1) is 0 Å². The normalized spacial score (nSPS) is 10.6. The average Bonchev–Trinajstić information content (AvgIpc) is 2.77. The average molecular weight is 404 g/mol. The van der Waals surface area contributed by atoms with Gasteiger partial charge < -0.3 is 14.8 Å². The number of carbonyl (C=O) groups is 1. The molecule has 0 aliphatic heterocycles. The van der Waals surface area contributed by atoms with Crippen LogP contribution in [0.2, 0.25) is 0 Å². The molecule has 0 bridgehead atoms. The van der Waals surface area contributed by atoms with E-state index in [1.165, 1.54) is 31.4 Å². The lowest BCUT2D eigenvalue weighted by atomic mass is 10.2. The van der Waals surface area contributed by atoms with Gasteiger partial charge in [0, 0.05) is 17.8 Å². The molecular formula is C23H20N2O5. The van der Waals surface area contributed by atoms with Crippen LogP contribution in [0.5, 0.6) is 11.5 Å². The van der Waals surface area contributed by atoms with Gasteiger partial charge in [0.1, 0.15) is 12.4 Å². The maximum absolute atomic E-state index is 12.1. The van der Waals surface area contributed by atoms with Gasteiger partial charge >= 0.3 is 5.69 Å². The lowest BCUT2D eigenvalue weighted by molar-refractivity contribution is -0.385. The maximum Gasteiger partial charge on any atom is 0.312 e. The summed E-state index contributed by atoms with van der Waals surface area (Å²) in [6, 6.07) is 21.4. The number of hydrogen-bond donors (Lipinski definition) is 1. The molecule has 0 atom stereocenters. The second kappa shape index (κ2) is 9.88. The first-order chi connectivity index (χ1) is 14.5. The van der Waals surface area contributed by atoms with Gasteiger partial charge in [0.05, 0.1) is 12.0 Å². The predicted molar refractivity (Wildman–Crippen MR) is 115 cm³/mol. The SMILES string of the molecule is COc1ccc(NC(=O)/C=C/c2ccc(OCc3ccccc3)cc2)cc1[N+](=O)[O-]. The number of nitrogens with one attached hydrogen (secondary N) is 1. The molecule has 0 radical (unpaired) electrons. The van der Waals surface area contributed by atoms with Gasteiger partial charge in [0.25, 0.3) is 0 Å². The quantitative estimate of drug-likeness (QED) is 0.330. The van der Waals surface area contributed by atoms with Crippen LogP contribution in [-0.2, 0) is 11.4 Å². The third-order valence-corrected chi connectivity index (χ3v) is 4.20. The fourth-order valence-corrected chi connectivity index (χ4v) is 2.68. The highest BCUT2D eigenvalue weighted by molar-refractivity contribution is 6.02. The minimum atomic E-state index is -0.564. The molecule has 3 aromatic carbocycles. The first kappa shape index (κ1) is 20.6. The molecule has 152 valence electrons. The molecule has 0 heterocycles. The van der Waals surface area contributed by atoms with E-state index in [0.717, 1.165) is 16.9 Å². The Morgan fingerprint density at radius 3 is 2.47 bits per heavy atom. The van der Waals surface area contributed by atoms with Crippen LogP contribution in [0.15, 0.2) is 78.9 Å². The summed E-state index contributed by atoms with van der Waals surface area (Å²) in [5, 5.41) is 13.7. The highest BCUT2D eigenvalue weighted by atomic mass is 16.6. The lowest BCUT2D eigenvalue weighted by Crippen LogP contribution is -2.08. The Kier molecular flexibility index (Phi) is 6.78. The smallest absolute Gasteiger partial charge is 0.312 e. The molecule has 0 fully saturated rings. The summed E-state index contributed by atoms with van der Waals surface area (Å²) in [6.07, 6.45) is 3.00. The maximum atomic E-state index is 12.1. The van der Waals surface area contributed by atoms with Crippen molar-refractivity contribution in [2.24, 2.45) is 0 Å². The van der Waals surface area contributed by atoms with Gasteiger partial charge in [-0.25, -0.2) is 0 Å². The Hall–Kier alpha value is -4.13. The van der Waals surface area contributed by atoms with Crippen molar-refractivity contribution >= 4 is 23.4 Å². The molecule has 0 aliphatic rings. The fourth-order valence-electron chi connectivity index (χ4n) is 2.68. The van der Waals surface area contributed by atoms with Crippen LogP contribution in [0, 0.1) is 10.1 Å². The van der Waals surface area contributed by atoms with E-state index in [-0.39, 0.29) is 11.4 Å². The van der Waals surface area contributed by atoms with Gasteiger partial charge in [0.15, 0.2) is 5.75 Å². The molecule has 0 saturated heterocycles. The van der Waals surface area contributed by atoms with E-state index in [1.54, 1.807) is 6.08 Å². The van der Waals surface area contributed by atoms with Gasteiger partial charge in [-0.1, -0.05) is 42.5 Å². The number of nitro benzene ring substituents is 1. The first-order valence-corrected chi connectivity index (χ1v) is 9.13. The molecule has 1 amide bonds. The number of benzene rings is 3. The molecular weight excluding hydrogens is 384 g/mol. The third-order valence-electron chi connectivity index (χ3n) is 4.20. The highest BCUT2D eigenvalue weighted by Crippen LogP contribution is 2.29. The number of rotatable bonds is 8. The Morgan fingerprint density at radius 1 is 1.07 bits per heavy atom. The number of anilines is 1. The summed E-state index contributed by atoms with van der Waals surface area (Å²) in [5.41, 5.74) is 1.99. The number of carbonyl (C=O) groups excluding carboxylic acids is 1. The van der Waals surface area contributed by atoms with E-state index in [0.29, 0.717) is 12.3 Å². The molecule has 30 heavy (non-hydrogen) atoms. The number of hydrogen-bond acceptors (Lipinski definition) is 5. The van der Waals surface area contributed by atoms with Gasteiger partial charge in [0.2, 0.25) is 5.91 Å². The van der Waals surface area contributed by atoms with Crippen molar-refractivity contribution in [3.63, 3.8) is 0 Å². The Labute approximate surface area is 173 Å². The molecule has 0 aliphatic carbocycles.